The van der Waals surface area contributed by atoms with E-state index >= 15 is 0 Å². The molecule has 24 heavy (non-hydrogen) atoms. The Kier molecular flexibility index (Phi) is 6.06. The van der Waals surface area contributed by atoms with Gasteiger partial charge in [0.05, 0.1) is 17.7 Å². The zero-order valence-electron chi connectivity index (χ0n) is 14.4. The number of methoxy groups -OCH3 is 1. The number of carbonyl (C=O) groups is 1. The molecule has 1 heterocycles. The van der Waals surface area contributed by atoms with E-state index in [1.165, 1.54) is 23.5 Å². The largest absolute Gasteiger partial charge is 0.495 e. The van der Waals surface area contributed by atoms with Gasteiger partial charge in [-0.15, -0.1) is 0 Å². The molecule has 0 atom stereocenters. The molecule has 1 N–H and O–H groups in total. The van der Waals surface area contributed by atoms with E-state index in [0.717, 1.165) is 12.8 Å². The fourth-order valence-corrected chi connectivity index (χ4v) is 4.27. The molecule has 0 saturated carbocycles. The number of benzene rings is 1. The highest BCUT2D eigenvalue weighted by atomic mass is 32.2. The number of anilines is 1. The highest BCUT2D eigenvalue weighted by Crippen LogP contribution is 2.30. The number of nitrogens with one attached hydrogen (secondary N) is 1. The number of urea groups is 1. The molecule has 0 radical (unpaired) electrons. The quantitative estimate of drug-likeness (QED) is 0.849. The van der Waals surface area contributed by atoms with Gasteiger partial charge in [-0.1, -0.05) is 0 Å². The molecular weight excluding hydrogens is 330 g/mol. The highest BCUT2D eigenvalue weighted by Gasteiger charge is 2.28. The molecule has 134 valence electrons. The lowest BCUT2D eigenvalue weighted by Crippen LogP contribution is -2.34. The molecule has 0 bridgehead atoms. The van der Waals surface area contributed by atoms with Crippen LogP contribution in [0, 0.1) is 0 Å². The average Bonchev–Trinajstić information content (AvgIpc) is 3.11. The lowest BCUT2D eigenvalue weighted by Gasteiger charge is -2.21. The van der Waals surface area contributed by atoms with Crippen LogP contribution >= 0.6 is 0 Å². The van der Waals surface area contributed by atoms with Crippen LogP contribution in [0.25, 0.3) is 0 Å². The van der Waals surface area contributed by atoms with Crippen molar-refractivity contribution in [2.24, 2.45) is 0 Å². The molecule has 7 nitrogen and oxygen atoms in total. The zero-order chi connectivity index (χ0) is 17.7. The predicted molar refractivity (Wildman–Crippen MR) is 92.9 cm³/mol. The lowest BCUT2D eigenvalue weighted by atomic mass is 10.3. The maximum absolute atomic E-state index is 12.7. The average molecular weight is 355 g/mol. The molecule has 2 rings (SSSR count). The van der Waals surface area contributed by atoms with Crippen molar-refractivity contribution in [3.05, 3.63) is 18.2 Å². The van der Waals surface area contributed by atoms with Gasteiger partial charge in [0, 0.05) is 26.2 Å². The third-order valence-corrected chi connectivity index (χ3v) is 6.06. The Morgan fingerprint density at radius 3 is 2.42 bits per heavy atom. The molecule has 0 spiro atoms. The summed E-state index contributed by atoms with van der Waals surface area (Å²) in [5, 5.41) is 2.75. The van der Waals surface area contributed by atoms with Gasteiger partial charge in [-0.05, 0) is 44.9 Å². The van der Waals surface area contributed by atoms with E-state index in [9.17, 15) is 13.2 Å². The molecule has 2 amide bonds. The van der Waals surface area contributed by atoms with E-state index in [0.29, 0.717) is 37.6 Å². The van der Waals surface area contributed by atoms with Crippen molar-refractivity contribution in [1.82, 2.24) is 9.21 Å². The van der Waals surface area contributed by atoms with E-state index in [1.807, 2.05) is 13.8 Å². The van der Waals surface area contributed by atoms with Crippen molar-refractivity contribution in [3.8, 4) is 5.75 Å². The summed E-state index contributed by atoms with van der Waals surface area (Å²) in [4.78, 5) is 14.0. The Morgan fingerprint density at radius 2 is 1.88 bits per heavy atom. The maximum Gasteiger partial charge on any atom is 0.321 e. The number of sulfonamides is 1. The number of ether oxygens (including phenoxy) is 1. The van der Waals surface area contributed by atoms with Gasteiger partial charge in [-0.3, -0.25) is 0 Å². The first-order valence-electron chi connectivity index (χ1n) is 8.18. The fraction of sp³-hybridized carbons (Fsp3) is 0.562. The van der Waals surface area contributed by atoms with Gasteiger partial charge in [-0.25, -0.2) is 13.2 Å². The molecular formula is C16H25N3O4S. The van der Waals surface area contributed by atoms with E-state index in [4.69, 9.17) is 4.74 Å². The summed E-state index contributed by atoms with van der Waals surface area (Å²) in [5.74, 6) is 0.427. The van der Waals surface area contributed by atoms with Crippen molar-refractivity contribution in [1.29, 1.82) is 0 Å². The van der Waals surface area contributed by atoms with Gasteiger partial charge in [-0.2, -0.15) is 4.31 Å². The Labute approximate surface area is 143 Å². The Bertz CT molecular complexity index is 681. The van der Waals surface area contributed by atoms with E-state index in [-0.39, 0.29) is 10.9 Å². The van der Waals surface area contributed by atoms with Gasteiger partial charge in [0.1, 0.15) is 5.75 Å². The van der Waals surface area contributed by atoms with Crippen LogP contribution in [0.5, 0.6) is 5.75 Å². The van der Waals surface area contributed by atoms with Crippen LogP contribution in [0.4, 0.5) is 10.5 Å². The Morgan fingerprint density at radius 1 is 1.25 bits per heavy atom. The van der Waals surface area contributed by atoms with Gasteiger partial charge in [0.25, 0.3) is 0 Å². The van der Waals surface area contributed by atoms with Gasteiger partial charge < -0.3 is 15.0 Å². The topological polar surface area (TPSA) is 79.0 Å². The normalized spacial score (nSPS) is 15.3. The van der Waals surface area contributed by atoms with Crippen LogP contribution in [-0.2, 0) is 10.0 Å². The van der Waals surface area contributed by atoms with Crippen molar-refractivity contribution < 1.29 is 17.9 Å². The second kappa shape index (κ2) is 7.85. The van der Waals surface area contributed by atoms with Crippen LogP contribution < -0.4 is 10.1 Å². The summed E-state index contributed by atoms with van der Waals surface area (Å²) in [7, 11) is -2.06. The fourth-order valence-electron chi connectivity index (χ4n) is 2.73. The van der Waals surface area contributed by atoms with Gasteiger partial charge >= 0.3 is 6.03 Å². The molecule has 0 unspecified atom stereocenters. The summed E-state index contributed by atoms with van der Waals surface area (Å²) in [6, 6.07) is 4.27. The van der Waals surface area contributed by atoms with Gasteiger partial charge in [0.15, 0.2) is 0 Å². The van der Waals surface area contributed by atoms with Crippen molar-refractivity contribution >= 4 is 21.7 Å². The summed E-state index contributed by atoms with van der Waals surface area (Å²) in [6.07, 6.45) is 1.75. The molecule has 1 fully saturated rings. The molecule has 1 aliphatic rings. The second-order valence-electron chi connectivity index (χ2n) is 5.58. The Hall–Kier alpha value is -1.80. The van der Waals surface area contributed by atoms with E-state index < -0.39 is 10.0 Å². The second-order valence-corrected chi connectivity index (χ2v) is 7.51. The van der Waals surface area contributed by atoms with Crippen LogP contribution in [-0.4, -0.2) is 56.9 Å². The summed E-state index contributed by atoms with van der Waals surface area (Å²) >= 11 is 0. The molecule has 1 aromatic rings. The number of amides is 2. The van der Waals surface area contributed by atoms with Crippen LogP contribution in [0.15, 0.2) is 23.1 Å². The predicted octanol–water partition coefficient (Wildman–Crippen LogP) is 2.35. The first-order chi connectivity index (χ1) is 11.4. The first-order valence-corrected chi connectivity index (χ1v) is 9.62. The lowest BCUT2D eigenvalue weighted by molar-refractivity contribution is 0.217. The van der Waals surface area contributed by atoms with Crippen LogP contribution in [0.3, 0.4) is 0 Å². The first kappa shape index (κ1) is 18.5. The Balaban J connectivity index is 2.32. The van der Waals surface area contributed by atoms with E-state index in [1.54, 1.807) is 11.0 Å². The molecule has 0 aliphatic carbocycles. The van der Waals surface area contributed by atoms with Crippen molar-refractivity contribution in [2.75, 3.05) is 38.6 Å². The zero-order valence-corrected chi connectivity index (χ0v) is 15.2. The molecule has 8 heteroatoms. The monoisotopic (exact) mass is 355 g/mol. The van der Waals surface area contributed by atoms with Crippen molar-refractivity contribution in [2.45, 2.75) is 31.6 Å². The maximum atomic E-state index is 12.7. The van der Waals surface area contributed by atoms with Crippen molar-refractivity contribution in [3.63, 3.8) is 0 Å². The molecule has 1 saturated heterocycles. The minimum atomic E-state index is -3.54. The smallest absolute Gasteiger partial charge is 0.321 e. The number of hydrogen-bond acceptors (Lipinski definition) is 4. The third kappa shape index (κ3) is 3.81. The summed E-state index contributed by atoms with van der Waals surface area (Å²) in [5.41, 5.74) is 0.356. The standard InChI is InChI=1S/C16H25N3O4S/c1-4-18(5-2)16(20)17-14-12-13(8-9-15(14)23-3)24(21,22)19-10-6-7-11-19/h8-9,12H,4-7,10-11H2,1-3H3,(H,17,20). The minimum Gasteiger partial charge on any atom is -0.495 e. The summed E-state index contributed by atoms with van der Waals surface area (Å²) < 4.78 is 32.1. The SMILES string of the molecule is CCN(CC)C(=O)Nc1cc(S(=O)(=O)N2CCCC2)ccc1OC. The molecule has 1 aliphatic heterocycles. The number of rotatable bonds is 6. The molecule has 1 aromatic carbocycles. The number of hydrogen-bond donors (Lipinski definition) is 1. The molecule has 0 aromatic heterocycles. The van der Waals surface area contributed by atoms with Gasteiger partial charge in [0.2, 0.25) is 10.0 Å². The third-order valence-electron chi connectivity index (χ3n) is 4.17. The van der Waals surface area contributed by atoms with Crippen LogP contribution in [0.1, 0.15) is 26.7 Å². The van der Waals surface area contributed by atoms with E-state index in [2.05, 4.69) is 5.32 Å². The minimum absolute atomic E-state index is 0.167. The highest BCUT2D eigenvalue weighted by molar-refractivity contribution is 7.89. The summed E-state index contributed by atoms with van der Waals surface area (Å²) in [6.45, 7) is 5.97. The number of nitrogens with zero attached hydrogens (tertiary/aromatic N) is 2. The number of carbonyl (C=O) groups excluding carboxylic acids is 1. The van der Waals surface area contributed by atoms with Crippen LogP contribution in [0.2, 0.25) is 0 Å².